The Hall–Kier alpha value is -2.11. The maximum absolute atomic E-state index is 11.8. The number of aromatic amines is 1. The second-order valence-corrected chi connectivity index (χ2v) is 4.45. The van der Waals surface area contributed by atoms with Gasteiger partial charge in [-0.05, 0) is 26.8 Å². The van der Waals surface area contributed by atoms with Gasteiger partial charge in [0, 0.05) is 11.7 Å². The first-order chi connectivity index (χ1) is 8.56. The number of nitrogens with one attached hydrogen (secondary N) is 2. The van der Waals surface area contributed by atoms with E-state index in [1.807, 2.05) is 31.5 Å². The quantitative estimate of drug-likeness (QED) is 0.847. The summed E-state index contributed by atoms with van der Waals surface area (Å²) in [4.78, 5) is 18.4. The number of rotatable bonds is 4. The minimum absolute atomic E-state index is 0.00111. The molecule has 0 bridgehead atoms. The fourth-order valence-corrected chi connectivity index (χ4v) is 1.85. The summed E-state index contributed by atoms with van der Waals surface area (Å²) in [5.41, 5.74) is 2.55. The van der Waals surface area contributed by atoms with Gasteiger partial charge in [0.25, 0.3) is 5.91 Å². The number of imidazole rings is 1. The Morgan fingerprint density at radius 3 is 2.89 bits per heavy atom. The van der Waals surface area contributed by atoms with E-state index in [9.17, 15) is 4.79 Å². The van der Waals surface area contributed by atoms with Gasteiger partial charge < -0.3 is 10.3 Å². The highest BCUT2D eigenvalue weighted by molar-refractivity contribution is 5.92. The standard InChI is InChI=1S/C12H17N5O/c1-8-4-10(3)17(16-8)6-9(2)15-12(18)11-5-13-7-14-11/h4-5,7,9H,6H2,1-3H3,(H,13,14)(H,15,18)/t9-/m1/s1. The first-order valence-corrected chi connectivity index (χ1v) is 5.86. The number of hydrogen-bond donors (Lipinski definition) is 2. The van der Waals surface area contributed by atoms with Crippen molar-refractivity contribution >= 4 is 5.91 Å². The van der Waals surface area contributed by atoms with Gasteiger partial charge in [-0.1, -0.05) is 0 Å². The molecule has 6 nitrogen and oxygen atoms in total. The molecule has 0 aliphatic heterocycles. The third-order valence-corrected chi connectivity index (χ3v) is 2.67. The van der Waals surface area contributed by atoms with E-state index in [0.717, 1.165) is 11.4 Å². The van der Waals surface area contributed by atoms with E-state index in [-0.39, 0.29) is 11.9 Å². The van der Waals surface area contributed by atoms with Crippen LogP contribution in [0.2, 0.25) is 0 Å². The third kappa shape index (κ3) is 2.77. The molecule has 2 N–H and O–H groups in total. The molecule has 0 saturated heterocycles. The molecule has 96 valence electrons. The van der Waals surface area contributed by atoms with E-state index in [1.165, 1.54) is 12.5 Å². The molecule has 1 amide bonds. The van der Waals surface area contributed by atoms with Crippen LogP contribution in [0.15, 0.2) is 18.6 Å². The van der Waals surface area contributed by atoms with Gasteiger partial charge in [0.1, 0.15) is 5.69 Å². The lowest BCUT2D eigenvalue weighted by molar-refractivity contribution is 0.0931. The fraction of sp³-hybridized carbons (Fsp3) is 0.417. The lowest BCUT2D eigenvalue weighted by Gasteiger charge is -2.14. The number of aryl methyl sites for hydroxylation is 2. The molecule has 0 spiro atoms. The maximum atomic E-state index is 11.8. The number of carbonyl (C=O) groups is 1. The minimum Gasteiger partial charge on any atom is -0.346 e. The topological polar surface area (TPSA) is 75.6 Å². The lowest BCUT2D eigenvalue weighted by atomic mass is 10.3. The molecule has 2 heterocycles. The number of nitrogens with zero attached hydrogens (tertiary/aromatic N) is 3. The molecule has 2 rings (SSSR count). The average molecular weight is 247 g/mol. The maximum Gasteiger partial charge on any atom is 0.269 e. The van der Waals surface area contributed by atoms with Gasteiger partial charge in [0.05, 0.1) is 24.8 Å². The molecule has 1 atom stereocenters. The Morgan fingerprint density at radius 1 is 1.56 bits per heavy atom. The second kappa shape index (κ2) is 5.03. The van der Waals surface area contributed by atoms with Crippen molar-refractivity contribution in [2.75, 3.05) is 0 Å². The van der Waals surface area contributed by atoms with E-state index in [1.54, 1.807) is 0 Å². The van der Waals surface area contributed by atoms with Crippen molar-refractivity contribution in [2.45, 2.75) is 33.4 Å². The van der Waals surface area contributed by atoms with Gasteiger partial charge in [0.15, 0.2) is 0 Å². The summed E-state index contributed by atoms with van der Waals surface area (Å²) in [6.45, 7) is 6.56. The first-order valence-electron chi connectivity index (χ1n) is 5.86. The molecular weight excluding hydrogens is 230 g/mol. The number of amides is 1. The van der Waals surface area contributed by atoms with Gasteiger partial charge in [-0.15, -0.1) is 0 Å². The second-order valence-electron chi connectivity index (χ2n) is 4.45. The summed E-state index contributed by atoms with van der Waals surface area (Å²) in [5.74, 6) is -0.151. The smallest absolute Gasteiger partial charge is 0.269 e. The summed E-state index contributed by atoms with van der Waals surface area (Å²) in [6, 6.07) is 2.02. The molecule has 2 aromatic heterocycles. The normalized spacial score (nSPS) is 12.4. The Labute approximate surface area is 105 Å². The van der Waals surface area contributed by atoms with E-state index < -0.39 is 0 Å². The van der Waals surface area contributed by atoms with Gasteiger partial charge in [-0.2, -0.15) is 5.10 Å². The zero-order valence-electron chi connectivity index (χ0n) is 10.8. The number of carbonyl (C=O) groups excluding carboxylic acids is 1. The van der Waals surface area contributed by atoms with Crippen LogP contribution in [0.4, 0.5) is 0 Å². The molecule has 18 heavy (non-hydrogen) atoms. The summed E-state index contributed by atoms with van der Waals surface area (Å²) in [7, 11) is 0. The van der Waals surface area contributed by atoms with Gasteiger partial charge in [0.2, 0.25) is 0 Å². The molecule has 6 heteroatoms. The van der Waals surface area contributed by atoms with Crippen LogP contribution in [0.3, 0.4) is 0 Å². The van der Waals surface area contributed by atoms with Gasteiger partial charge >= 0.3 is 0 Å². The highest BCUT2D eigenvalue weighted by Crippen LogP contribution is 2.03. The van der Waals surface area contributed by atoms with Crippen LogP contribution in [-0.4, -0.2) is 31.7 Å². The Balaban J connectivity index is 1.95. The Kier molecular flexibility index (Phi) is 3.45. The SMILES string of the molecule is Cc1cc(C)n(C[C@@H](C)NC(=O)c2cnc[nH]2)n1. The zero-order chi connectivity index (χ0) is 13.1. The molecule has 0 unspecified atom stereocenters. The van der Waals surface area contributed by atoms with Crippen LogP contribution in [0.1, 0.15) is 28.8 Å². The van der Waals surface area contributed by atoms with Crippen LogP contribution in [0, 0.1) is 13.8 Å². The summed E-state index contributed by atoms with van der Waals surface area (Å²) >= 11 is 0. The van der Waals surface area contributed by atoms with E-state index in [0.29, 0.717) is 12.2 Å². The zero-order valence-corrected chi connectivity index (χ0v) is 10.8. The molecule has 0 aliphatic carbocycles. The van der Waals surface area contributed by atoms with E-state index in [4.69, 9.17) is 0 Å². The largest absolute Gasteiger partial charge is 0.346 e. The van der Waals surface area contributed by atoms with Crippen LogP contribution >= 0.6 is 0 Å². The van der Waals surface area contributed by atoms with Crippen molar-refractivity contribution < 1.29 is 4.79 Å². The van der Waals surface area contributed by atoms with Crippen molar-refractivity contribution in [2.24, 2.45) is 0 Å². The predicted molar refractivity (Wildman–Crippen MR) is 67.2 cm³/mol. The van der Waals surface area contributed by atoms with Crippen molar-refractivity contribution in [1.82, 2.24) is 25.1 Å². The fourth-order valence-electron chi connectivity index (χ4n) is 1.85. The highest BCUT2D eigenvalue weighted by Gasteiger charge is 2.12. The van der Waals surface area contributed by atoms with Crippen LogP contribution < -0.4 is 5.32 Å². The molecule has 0 aliphatic rings. The third-order valence-electron chi connectivity index (χ3n) is 2.67. The number of hydrogen-bond acceptors (Lipinski definition) is 3. The van der Waals surface area contributed by atoms with Crippen molar-refractivity contribution in [1.29, 1.82) is 0 Å². The predicted octanol–water partition coefficient (Wildman–Crippen LogP) is 1.04. The first kappa shape index (κ1) is 12.3. The highest BCUT2D eigenvalue weighted by atomic mass is 16.2. The average Bonchev–Trinajstić information content (AvgIpc) is 2.89. The molecular formula is C12H17N5O. The monoisotopic (exact) mass is 247 g/mol. The van der Waals surface area contributed by atoms with Crippen molar-refractivity contribution in [3.05, 3.63) is 35.7 Å². The van der Waals surface area contributed by atoms with Crippen molar-refractivity contribution in [3.8, 4) is 0 Å². The van der Waals surface area contributed by atoms with Crippen LogP contribution in [-0.2, 0) is 6.54 Å². The summed E-state index contributed by atoms with van der Waals surface area (Å²) in [5, 5.41) is 7.26. The van der Waals surface area contributed by atoms with Gasteiger partial charge in [-0.25, -0.2) is 4.98 Å². The minimum atomic E-state index is -0.151. The molecule has 0 fully saturated rings. The van der Waals surface area contributed by atoms with Gasteiger partial charge in [-0.3, -0.25) is 9.48 Å². The number of H-pyrrole nitrogens is 1. The van der Waals surface area contributed by atoms with Crippen LogP contribution in [0.25, 0.3) is 0 Å². The lowest BCUT2D eigenvalue weighted by Crippen LogP contribution is -2.36. The molecule has 2 aromatic rings. The van der Waals surface area contributed by atoms with Crippen LogP contribution in [0.5, 0.6) is 0 Å². The Bertz CT molecular complexity index is 529. The van der Waals surface area contributed by atoms with Crippen molar-refractivity contribution in [3.63, 3.8) is 0 Å². The number of aromatic nitrogens is 4. The van der Waals surface area contributed by atoms with E-state index in [2.05, 4.69) is 20.4 Å². The molecule has 0 aromatic carbocycles. The molecule has 0 radical (unpaired) electrons. The van der Waals surface area contributed by atoms with E-state index >= 15 is 0 Å². The molecule has 0 saturated carbocycles. The Morgan fingerprint density at radius 2 is 2.33 bits per heavy atom. The summed E-state index contributed by atoms with van der Waals surface area (Å²) in [6.07, 6.45) is 2.99. The summed E-state index contributed by atoms with van der Waals surface area (Å²) < 4.78 is 1.90.